The van der Waals surface area contributed by atoms with Crippen LogP contribution in [-0.2, 0) is 0 Å². The van der Waals surface area contributed by atoms with Crippen LogP contribution in [0.5, 0.6) is 0 Å². The minimum atomic E-state index is -0.429. The fraction of sp³-hybridized carbons (Fsp3) is 0.0769. The molecular formula is C13H10BrFN2O2. The van der Waals surface area contributed by atoms with E-state index in [0.29, 0.717) is 27.2 Å². The summed E-state index contributed by atoms with van der Waals surface area (Å²) in [5, 5.41) is 0.681. The van der Waals surface area contributed by atoms with Crippen LogP contribution in [0.3, 0.4) is 0 Å². The predicted octanol–water partition coefficient (Wildman–Crippen LogP) is 3.48. The Balaban J connectivity index is 2.06. The SMILES string of the molecule is NNC(c1ccc(Br)o1)c1cc2cc(F)ccc2o1. The third-order valence-electron chi connectivity index (χ3n) is 2.83. The lowest BCUT2D eigenvalue weighted by Gasteiger charge is -2.09. The topological polar surface area (TPSA) is 64.3 Å². The van der Waals surface area contributed by atoms with Gasteiger partial charge in [0.15, 0.2) is 4.67 Å². The van der Waals surface area contributed by atoms with Crippen LogP contribution in [0.1, 0.15) is 17.6 Å². The zero-order valence-corrected chi connectivity index (χ0v) is 11.3. The molecule has 1 unspecified atom stereocenters. The zero-order valence-electron chi connectivity index (χ0n) is 9.69. The molecule has 0 aliphatic rings. The van der Waals surface area contributed by atoms with Gasteiger partial charge >= 0.3 is 0 Å². The number of hydrogen-bond acceptors (Lipinski definition) is 4. The monoisotopic (exact) mass is 324 g/mol. The Bertz CT molecular complexity index is 722. The van der Waals surface area contributed by atoms with E-state index in [-0.39, 0.29) is 5.82 Å². The van der Waals surface area contributed by atoms with Gasteiger partial charge in [-0.25, -0.2) is 9.82 Å². The van der Waals surface area contributed by atoms with Crippen molar-refractivity contribution in [2.45, 2.75) is 6.04 Å². The first kappa shape index (κ1) is 12.4. The summed E-state index contributed by atoms with van der Waals surface area (Å²) < 4.78 is 24.9. The maximum absolute atomic E-state index is 13.1. The summed E-state index contributed by atoms with van der Waals surface area (Å²) in [4.78, 5) is 0. The Kier molecular flexibility index (Phi) is 3.14. The molecule has 2 heterocycles. The summed E-state index contributed by atoms with van der Waals surface area (Å²) in [6.45, 7) is 0. The van der Waals surface area contributed by atoms with Crippen LogP contribution >= 0.6 is 15.9 Å². The molecule has 0 saturated heterocycles. The van der Waals surface area contributed by atoms with E-state index >= 15 is 0 Å². The second kappa shape index (κ2) is 4.80. The number of fused-ring (bicyclic) bond motifs is 1. The second-order valence-electron chi connectivity index (χ2n) is 4.07. The van der Waals surface area contributed by atoms with Gasteiger partial charge in [0.25, 0.3) is 0 Å². The van der Waals surface area contributed by atoms with Gasteiger partial charge in [-0.3, -0.25) is 5.84 Å². The Morgan fingerprint density at radius 1 is 1.11 bits per heavy atom. The molecule has 0 fully saturated rings. The number of halogens is 2. The average molecular weight is 325 g/mol. The van der Waals surface area contributed by atoms with Crippen LogP contribution in [0.2, 0.25) is 0 Å². The second-order valence-corrected chi connectivity index (χ2v) is 4.85. The molecular weight excluding hydrogens is 315 g/mol. The van der Waals surface area contributed by atoms with Gasteiger partial charge in [0.1, 0.15) is 29.0 Å². The minimum absolute atomic E-state index is 0.308. The molecule has 1 atom stereocenters. The fourth-order valence-corrected chi connectivity index (χ4v) is 2.28. The van der Waals surface area contributed by atoms with Crippen molar-refractivity contribution in [2.24, 2.45) is 5.84 Å². The number of hydrogen-bond donors (Lipinski definition) is 2. The molecule has 0 aliphatic heterocycles. The van der Waals surface area contributed by atoms with Crippen molar-refractivity contribution >= 4 is 26.9 Å². The molecule has 3 aromatic rings. The van der Waals surface area contributed by atoms with E-state index in [1.54, 1.807) is 24.3 Å². The molecule has 0 spiro atoms. The highest BCUT2D eigenvalue weighted by atomic mass is 79.9. The molecule has 6 heteroatoms. The largest absolute Gasteiger partial charge is 0.459 e. The van der Waals surface area contributed by atoms with Gasteiger partial charge in [-0.15, -0.1) is 0 Å². The van der Waals surface area contributed by atoms with Crippen molar-refractivity contribution in [2.75, 3.05) is 0 Å². The predicted molar refractivity (Wildman–Crippen MR) is 71.7 cm³/mol. The van der Waals surface area contributed by atoms with E-state index in [1.807, 2.05) is 0 Å². The molecule has 3 rings (SSSR count). The lowest BCUT2D eigenvalue weighted by Crippen LogP contribution is -2.28. The summed E-state index contributed by atoms with van der Waals surface area (Å²) in [6.07, 6.45) is 0. The van der Waals surface area contributed by atoms with Gasteiger partial charge in [-0.1, -0.05) is 0 Å². The summed E-state index contributed by atoms with van der Waals surface area (Å²) in [7, 11) is 0. The van der Waals surface area contributed by atoms with Crippen molar-refractivity contribution in [3.05, 3.63) is 58.4 Å². The highest BCUT2D eigenvalue weighted by Crippen LogP contribution is 2.30. The summed E-state index contributed by atoms with van der Waals surface area (Å²) in [6, 6.07) is 9.20. The van der Waals surface area contributed by atoms with Crippen molar-refractivity contribution in [3.8, 4) is 0 Å². The zero-order chi connectivity index (χ0) is 13.4. The molecule has 0 bridgehead atoms. The van der Waals surface area contributed by atoms with E-state index in [0.717, 1.165) is 0 Å². The lowest BCUT2D eigenvalue weighted by atomic mass is 10.1. The minimum Gasteiger partial charge on any atom is -0.459 e. The highest BCUT2D eigenvalue weighted by molar-refractivity contribution is 9.10. The van der Waals surface area contributed by atoms with Crippen molar-refractivity contribution in [1.82, 2.24) is 5.43 Å². The van der Waals surface area contributed by atoms with Crippen LogP contribution < -0.4 is 11.3 Å². The summed E-state index contributed by atoms with van der Waals surface area (Å²) >= 11 is 3.23. The molecule has 1 aromatic carbocycles. The van der Waals surface area contributed by atoms with E-state index < -0.39 is 6.04 Å². The molecule has 98 valence electrons. The first-order valence-electron chi connectivity index (χ1n) is 5.58. The standard InChI is InChI=1S/C13H10BrFN2O2/c14-12-4-3-10(19-12)13(17-16)11-6-7-5-8(15)1-2-9(7)18-11/h1-6,13,17H,16H2. The number of nitrogens with two attached hydrogens (primary N) is 1. The van der Waals surface area contributed by atoms with Crippen LogP contribution in [0, 0.1) is 5.82 Å². The van der Waals surface area contributed by atoms with E-state index in [9.17, 15) is 4.39 Å². The van der Waals surface area contributed by atoms with Crippen LogP contribution in [0.25, 0.3) is 11.0 Å². The van der Waals surface area contributed by atoms with Gasteiger partial charge < -0.3 is 8.83 Å². The van der Waals surface area contributed by atoms with Gasteiger partial charge in [-0.2, -0.15) is 0 Å². The van der Waals surface area contributed by atoms with Crippen molar-refractivity contribution in [3.63, 3.8) is 0 Å². The first-order valence-corrected chi connectivity index (χ1v) is 6.37. The third kappa shape index (κ3) is 2.30. The van der Waals surface area contributed by atoms with E-state index in [2.05, 4.69) is 21.4 Å². The van der Waals surface area contributed by atoms with Crippen LogP contribution in [0.15, 0.2) is 49.9 Å². The van der Waals surface area contributed by atoms with Gasteiger partial charge in [0, 0.05) is 5.39 Å². The molecule has 0 saturated carbocycles. The maximum atomic E-state index is 13.1. The van der Waals surface area contributed by atoms with E-state index in [1.165, 1.54) is 12.1 Å². The number of rotatable bonds is 3. The smallest absolute Gasteiger partial charge is 0.169 e. The molecule has 0 amide bonds. The fourth-order valence-electron chi connectivity index (χ4n) is 1.96. The van der Waals surface area contributed by atoms with Gasteiger partial charge in [0.2, 0.25) is 0 Å². The Hall–Kier alpha value is -1.63. The molecule has 0 aliphatic carbocycles. The molecule has 0 radical (unpaired) electrons. The molecule has 2 aromatic heterocycles. The first-order chi connectivity index (χ1) is 9.17. The average Bonchev–Trinajstić information content (AvgIpc) is 2.96. The normalized spacial score (nSPS) is 13.0. The van der Waals surface area contributed by atoms with Gasteiger partial charge in [-0.05, 0) is 52.3 Å². The summed E-state index contributed by atoms with van der Waals surface area (Å²) in [5.41, 5.74) is 3.22. The van der Waals surface area contributed by atoms with Crippen LogP contribution in [-0.4, -0.2) is 0 Å². The number of benzene rings is 1. The Morgan fingerprint density at radius 2 is 1.95 bits per heavy atom. The molecule has 3 N–H and O–H groups in total. The molecule has 4 nitrogen and oxygen atoms in total. The number of nitrogens with one attached hydrogen (secondary N) is 1. The number of furan rings is 2. The van der Waals surface area contributed by atoms with Crippen LogP contribution in [0.4, 0.5) is 4.39 Å². The maximum Gasteiger partial charge on any atom is 0.169 e. The Morgan fingerprint density at radius 3 is 2.63 bits per heavy atom. The highest BCUT2D eigenvalue weighted by Gasteiger charge is 2.20. The van der Waals surface area contributed by atoms with Gasteiger partial charge in [0.05, 0.1) is 0 Å². The van der Waals surface area contributed by atoms with Crippen molar-refractivity contribution < 1.29 is 13.2 Å². The Labute approximate surface area is 116 Å². The van der Waals surface area contributed by atoms with E-state index in [4.69, 9.17) is 14.7 Å². The molecule has 19 heavy (non-hydrogen) atoms. The lowest BCUT2D eigenvalue weighted by molar-refractivity contribution is 0.395. The number of hydrazine groups is 1. The van der Waals surface area contributed by atoms with Crippen molar-refractivity contribution in [1.29, 1.82) is 0 Å². The summed E-state index contributed by atoms with van der Waals surface area (Å²) in [5.74, 6) is 6.40. The third-order valence-corrected chi connectivity index (χ3v) is 3.25. The quantitative estimate of drug-likeness (QED) is 0.572.